The highest BCUT2D eigenvalue weighted by Gasteiger charge is 2.48. The standard InChI is InChI=1S/C25H25ClN8O/c1-24(2)10-14(24)11-29-21-22-28-8-9-34(22)12-16(30-21)19-31-18(27)17-20(32-19)33-23(35)25(17,3)13-4-6-15(26)7-5-13/h4-9,12,14H,10-11H2,1-3H3,(H,29,30)(H3,27,31,32,33,35). The van der Waals surface area contributed by atoms with Crippen LogP contribution in [0.4, 0.5) is 17.5 Å². The number of nitrogens with zero attached hydrogens (tertiary/aromatic N) is 5. The average molecular weight is 489 g/mol. The Kier molecular flexibility index (Phi) is 4.60. The van der Waals surface area contributed by atoms with Gasteiger partial charge in [-0.15, -0.1) is 0 Å². The third-order valence-electron chi connectivity index (χ3n) is 7.38. The first-order valence-corrected chi connectivity index (χ1v) is 11.9. The van der Waals surface area contributed by atoms with Crippen LogP contribution in [-0.4, -0.2) is 36.8 Å². The number of fused-ring (bicyclic) bond motifs is 2. The summed E-state index contributed by atoms with van der Waals surface area (Å²) in [5.41, 5.74) is 8.32. The van der Waals surface area contributed by atoms with Crippen LogP contribution in [0.5, 0.6) is 0 Å². The second kappa shape index (κ2) is 7.39. The Bertz CT molecular complexity index is 1500. The highest BCUT2D eigenvalue weighted by Crippen LogP contribution is 2.51. The molecule has 0 saturated heterocycles. The van der Waals surface area contributed by atoms with Gasteiger partial charge in [0.2, 0.25) is 5.91 Å². The second-order valence-corrected chi connectivity index (χ2v) is 10.6. The van der Waals surface area contributed by atoms with E-state index in [1.54, 1.807) is 18.3 Å². The van der Waals surface area contributed by atoms with Crippen molar-refractivity contribution in [2.24, 2.45) is 11.3 Å². The Morgan fingerprint density at radius 2 is 1.94 bits per heavy atom. The molecule has 4 aromatic rings. The topological polar surface area (TPSA) is 123 Å². The normalized spacial score (nSPS) is 22.2. The van der Waals surface area contributed by atoms with Crippen molar-refractivity contribution in [3.05, 3.63) is 59.0 Å². The first kappa shape index (κ1) is 21.8. The quantitative estimate of drug-likeness (QED) is 0.385. The van der Waals surface area contributed by atoms with Crippen LogP contribution in [0.25, 0.3) is 17.2 Å². The number of benzene rings is 1. The lowest BCUT2D eigenvalue weighted by atomic mass is 9.78. The van der Waals surface area contributed by atoms with Gasteiger partial charge in [0.1, 0.15) is 22.7 Å². The van der Waals surface area contributed by atoms with Crippen LogP contribution in [0.3, 0.4) is 0 Å². The minimum absolute atomic E-state index is 0.222. The maximum atomic E-state index is 13.1. The van der Waals surface area contributed by atoms with E-state index in [1.165, 1.54) is 6.42 Å². The van der Waals surface area contributed by atoms with Crippen LogP contribution < -0.4 is 16.4 Å². The fourth-order valence-corrected chi connectivity index (χ4v) is 5.01. The molecule has 2 aliphatic rings. The molecular weight excluding hydrogens is 464 g/mol. The summed E-state index contributed by atoms with van der Waals surface area (Å²) in [4.78, 5) is 31.6. The van der Waals surface area contributed by atoms with Crippen LogP contribution >= 0.6 is 11.6 Å². The van der Waals surface area contributed by atoms with Crippen molar-refractivity contribution < 1.29 is 4.79 Å². The van der Waals surface area contributed by atoms with Crippen molar-refractivity contribution in [2.45, 2.75) is 32.6 Å². The van der Waals surface area contributed by atoms with Crippen LogP contribution in [-0.2, 0) is 10.2 Å². The van der Waals surface area contributed by atoms with Crippen molar-refractivity contribution in [2.75, 3.05) is 22.9 Å². The Hall–Kier alpha value is -3.72. The number of aromatic nitrogens is 5. The lowest BCUT2D eigenvalue weighted by Crippen LogP contribution is -2.32. The number of imidazole rings is 1. The number of anilines is 3. The molecule has 1 amide bonds. The molecule has 9 nitrogen and oxygen atoms in total. The molecule has 1 saturated carbocycles. The smallest absolute Gasteiger partial charge is 0.240 e. The van der Waals surface area contributed by atoms with Gasteiger partial charge in [-0.3, -0.25) is 4.79 Å². The SMILES string of the molecule is CC1(c2ccc(Cl)cc2)C(=O)Nc2nc(-c3cn4ccnc4c(NCC4CC4(C)C)n3)nc(N)c21. The highest BCUT2D eigenvalue weighted by atomic mass is 35.5. The van der Waals surface area contributed by atoms with Gasteiger partial charge in [-0.25, -0.2) is 19.9 Å². The van der Waals surface area contributed by atoms with Crippen LogP contribution in [0.1, 0.15) is 38.3 Å². The number of nitrogens with two attached hydrogens (primary N) is 1. The van der Waals surface area contributed by atoms with Gasteiger partial charge in [0.25, 0.3) is 0 Å². The molecular formula is C25H25ClN8O. The fourth-order valence-electron chi connectivity index (χ4n) is 4.88. The first-order valence-electron chi connectivity index (χ1n) is 11.5. The summed E-state index contributed by atoms with van der Waals surface area (Å²) in [6.45, 7) is 7.16. The molecule has 1 aliphatic heterocycles. The zero-order valence-corrected chi connectivity index (χ0v) is 20.4. The van der Waals surface area contributed by atoms with E-state index in [9.17, 15) is 4.79 Å². The van der Waals surface area contributed by atoms with Crippen LogP contribution in [0.15, 0.2) is 42.9 Å². The van der Waals surface area contributed by atoms with Gasteiger partial charge in [0.05, 0.1) is 5.56 Å². The number of halogens is 1. The monoisotopic (exact) mass is 488 g/mol. The number of rotatable bonds is 5. The van der Waals surface area contributed by atoms with Crippen molar-refractivity contribution >= 4 is 40.6 Å². The molecule has 2 atom stereocenters. The van der Waals surface area contributed by atoms with Crippen molar-refractivity contribution in [3.63, 3.8) is 0 Å². The largest absolute Gasteiger partial charge is 0.383 e. The minimum atomic E-state index is -1.03. The van der Waals surface area contributed by atoms with E-state index in [2.05, 4.69) is 39.4 Å². The minimum Gasteiger partial charge on any atom is -0.383 e. The molecule has 10 heteroatoms. The number of carbonyl (C=O) groups is 1. The van der Waals surface area contributed by atoms with Gasteiger partial charge < -0.3 is 20.8 Å². The van der Waals surface area contributed by atoms with Gasteiger partial charge in [-0.1, -0.05) is 37.6 Å². The van der Waals surface area contributed by atoms with Crippen molar-refractivity contribution in [1.82, 2.24) is 24.3 Å². The Morgan fingerprint density at radius 3 is 2.66 bits per heavy atom. The lowest BCUT2D eigenvalue weighted by Gasteiger charge is -2.23. The molecule has 4 heterocycles. The molecule has 0 radical (unpaired) electrons. The number of hydrogen-bond acceptors (Lipinski definition) is 7. The molecule has 1 aromatic carbocycles. The molecule has 6 rings (SSSR count). The second-order valence-electron chi connectivity index (χ2n) is 10.1. The molecule has 0 spiro atoms. The first-order chi connectivity index (χ1) is 16.7. The lowest BCUT2D eigenvalue weighted by molar-refractivity contribution is -0.119. The number of hydrogen-bond donors (Lipinski definition) is 3. The Labute approximate surface area is 207 Å². The highest BCUT2D eigenvalue weighted by molar-refractivity contribution is 6.30. The zero-order valence-electron chi connectivity index (χ0n) is 19.6. The van der Waals surface area contributed by atoms with E-state index < -0.39 is 5.41 Å². The average Bonchev–Trinajstić information content (AvgIpc) is 3.11. The van der Waals surface area contributed by atoms with Crippen molar-refractivity contribution in [1.29, 1.82) is 0 Å². The van der Waals surface area contributed by atoms with E-state index in [1.807, 2.05) is 35.9 Å². The molecule has 1 aliphatic carbocycles. The molecule has 1 fully saturated rings. The van der Waals surface area contributed by atoms with Gasteiger partial charge >= 0.3 is 0 Å². The third-order valence-corrected chi connectivity index (χ3v) is 7.63. The predicted molar refractivity (Wildman–Crippen MR) is 135 cm³/mol. The number of amides is 1. The summed E-state index contributed by atoms with van der Waals surface area (Å²) in [5, 5.41) is 6.93. The summed E-state index contributed by atoms with van der Waals surface area (Å²) in [6.07, 6.45) is 6.57. The van der Waals surface area contributed by atoms with Crippen molar-refractivity contribution in [3.8, 4) is 11.5 Å². The summed E-state index contributed by atoms with van der Waals surface area (Å²) < 4.78 is 1.88. The summed E-state index contributed by atoms with van der Waals surface area (Å²) in [7, 11) is 0. The van der Waals surface area contributed by atoms with Gasteiger partial charge in [-0.2, -0.15) is 0 Å². The van der Waals surface area contributed by atoms with Crippen LogP contribution in [0, 0.1) is 11.3 Å². The maximum absolute atomic E-state index is 13.1. The summed E-state index contributed by atoms with van der Waals surface area (Å²) in [6, 6.07) is 7.14. The fraction of sp³-hybridized carbons (Fsp3) is 0.320. The third kappa shape index (κ3) is 3.41. The van der Waals surface area contributed by atoms with Gasteiger partial charge in [0, 0.05) is 30.2 Å². The number of nitrogen functional groups attached to an aromatic ring is 1. The van der Waals surface area contributed by atoms with Gasteiger partial charge in [-0.05, 0) is 42.4 Å². The molecule has 178 valence electrons. The molecule has 3 aromatic heterocycles. The molecule has 0 bridgehead atoms. The van der Waals surface area contributed by atoms with Crippen LogP contribution in [0.2, 0.25) is 5.02 Å². The predicted octanol–water partition coefficient (Wildman–Crippen LogP) is 4.14. The van der Waals surface area contributed by atoms with E-state index in [-0.39, 0.29) is 11.7 Å². The summed E-state index contributed by atoms with van der Waals surface area (Å²) >= 11 is 6.05. The Balaban J connectivity index is 1.41. The molecule has 2 unspecified atom stereocenters. The van der Waals surface area contributed by atoms with E-state index >= 15 is 0 Å². The molecule has 35 heavy (non-hydrogen) atoms. The molecule has 4 N–H and O–H groups in total. The summed E-state index contributed by atoms with van der Waals surface area (Å²) in [5.74, 6) is 1.97. The van der Waals surface area contributed by atoms with E-state index in [0.29, 0.717) is 45.1 Å². The zero-order chi connectivity index (χ0) is 24.5. The van der Waals surface area contributed by atoms with E-state index in [0.717, 1.165) is 17.8 Å². The van der Waals surface area contributed by atoms with E-state index in [4.69, 9.17) is 22.3 Å². The number of nitrogens with one attached hydrogen (secondary N) is 2. The van der Waals surface area contributed by atoms with Gasteiger partial charge in [0.15, 0.2) is 17.3 Å². The maximum Gasteiger partial charge on any atom is 0.240 e. The number of carbonyl (C=O) groups excluding carboxylic acids is 1. The Morgan fingerprint density at radius 1 is 1.20 bits per heavy atom.